The van der Waals surface area contributed by atoms with Crippen LogP contribution in [0.5, 0.6) is 0 Å². The van der Waals surface area contributed by atoms with Crippen LogP contribution in [-0.4, -0.2) is 12.6 Å². The van der Waals surface area contributed by atoms with E-state index in [0.717, 1.165) is 12.0 Å². The highest BCUT2D eigenvalue weighted by molar-refractivity contribution is 4.74. The Hall–Kier alpha value is -0.0400. The lowest BCUT2D eigenvalue weighted by Crippen LogP contribution is -2.37. The van der Waals surface area contributed by atoms with Gasteiger partial charge in [-0.25, -0.2) is 0 Å². The Morgan fingerprint density at radius 2 is 1.77 bits per heavy atom. The molecule has 1 nitrogen and oxygen atoms in total. The molecule has 1 N–H and O–H groups in total. The van der Waals surface area contributed by atoms with Crippen LogP contribution < -0.4 is 5.32 Å². The van der Waals surface area contributed by atoms with Crippen molar-refractivity contribution in [2.75, 3.05) is 6.54 Å². The van der Waals surface area contributed by atoms with Crippen molar-refractivity contribution >= 4 is 0 Å². The summed E-state index contributed by atoms with van der Waals surface area (Å²) in [6.45, 7) is 10.1. The van der Waals surface area contributed by atoms with E-state index in [9.17, 15) is 0 Å². The van der Waals surface area contributed by atoms with Crippen molar-refractivity contribution in [3.8, 4) is 0 Å². The standard InChI is InChI=1S/C9H19N.C3H8/c1-3-4-9-6-5-8(2)7-10-9;1-3-2/h8-10H,3-7H2,1-2H3;3H2,1-2H3/t8-,9-;/m0./s1. The zero-order valence-corrected chi connectivity index (χ0v) is 9.90. The Morgan fingerprint density at radius 1 is 1.15 bits per heavy atom. The Labute approximate surface area is 84.3 Å². The maximum Gasteiger partial charge on any atom is 0.00671 e. The molecule has 0 bridgehead atoms. The Kier molecular flexibility index (Phi) is 8.53. The third-order valence-electron chi connectivity index (χ3n) is 2.40. The van der Waals surface area contributed by atoms with Crippen LogP contribution in [0.2, 0.25) is 0 Å². The van der Waals surface area contributed by atoms with Crippen LogP contribution >= 0.6 is 0 Å². The van der Waals surface area contributed by atoms with Crippen LogP contribution in [0.1, 0.15) is 59.8 Å². The molecule has 1 fully saturated rings. The average Bonchev–Trinajstić information content (AvgIpc) is 2.11. The fourth-order valence-corrected chi connectivity index (χ4v) is 1.65. The van der Waals surface area contributed by atoms with Gasteiger partial charge in [-0.1, -0.05) is 40.5 Å². The van der Waals surface area contributed by atoms with E-state index in [2.05, 4.69) is 33.0 Å². The first-order chi connectivity index (χ1) is 6.24. The summed E-state index contributed by atoms with van der Waals surface area (Å²) in [7, 11) is 0. The molecule has 1 aliphatic rings. The fourth-order valence-electron chi connectivity index (χ4n) is 1.65. The lowest BCUT2D eigenvalue weighted by atomic mass is 9.94. The molecule has 0 aromatic heterocycles. The molecular formula is C12H27N. The smallest absolute Gasteiger partial charge is 0.00671 e. The Morgan fingerprint density at radius 3 is 2.15 bits per heavy atom. The highest BCUT2D eigenvalue weighted by Gasteiger charge is 2.15. The topological polar surface area (TPSA) is 12.0 Å². The second-order valence-electron chi connectivity index (χ2n) is 4.28. The van der Waals surface area contributed by atoms with Crippen LogP contribution in [0.25, 0.3) is 0 Å². The molecular weight excluding hydrogens is 158 g/mol. The molecule has 1 heterocycles. The van der Waals surface area contributed by atoms with E-state index in [1.165, 1.54) is 38.6 Å². The van der Waals surface area contributed by atoms with E-state index >= 15 is 0 Å². The van der Waals surface area contributed by atoms with E-state index < -0.39 is 0 Å². The van der Waals surface area contributed by atoms with Crippen LogP contribution in [0.4, 0.5) is 0 Å². The molecule has 13 heavy (non-hydrogen) atoms. The van der Waals surface area contributed by atoms with Crippen LogP contribution in [-0.2, 0) is 0 Å². The minimum atomic E-state index is 0.834. The van der Waals surface area contributed by atoms with E-state index in [4.69, 9.17) is 0 Å². The van der Waals surface area contributed by atoms with Crippen molar-refractivity contribution in [3.05, 3.63) is 0 Å². The van der Waals surface area contributed by atoms with Gasteiger partial charge < -0.3 is 5.32 Å². The molecule has 80 valence electrons. The second kappa shape index (κ2) is 8.55. The van der Waals surface area contributed by atoms with E-state index in [1.54, 1.807) is 0 Å². The highest BCUT2D eigenvalue weighted by Crippen LogP contribution is 2.15. The minimum Gasteiger partial charge on any atom is -0.314 e. The molecule has 0 amide bonds. The maximum absolute atomic E-state index is 3.57. The third kappa shape index (κ3) is 7.06. The summed E-state index contributed by atoms with van der Waals surface area (Å²) >= 11 is 0. The zero-order valence-electron chi connectivity index (χ0n) is 9.90. The number of hydrogen-bond acceptors (Lipinski definition) is 1. The molecule has 1 aliphatic heterocycles. The van der Waals surface area contributed by atoms with Crippen molar-refractivity contribution in [1.82, 2.24) is 5.32 Å². The highest BCUT2D eigenvalue weighted by atomic mass is 14.9. The van der Waals surface area contributed by atoms with Crippen molar-refractivity contribution in [1.29, 1.82) is 0 Å². The van der Waals surface area contributed by atoms with Gasteiger partial charge in [-0.3, -0.25) is 0 Å². The normalized spacial score (nSPS) is 27.7. The van der Waals surface area contributed by atoms with Gasteiger partial charge in [0.15, 0.2) is 0 Å². The molecule has 1 saturated heterocycles. The summed E-state index contributed by atoms with van der Waals surface area (Å²) in [5.41, 5.74) is 0. The minimum absolute atomic E-state index is 0.834. The Bertz CT molecular complexity index is 93.3. The molecule has 0 aromatic rings. The van der Waals surface area contributed by atoms with Crippen molar-refractivity contribution in [2.24, 2.45) is 5.92 Å². The first-order valence-electron chi connectivity index (χ1n) is 5.97. The summed E-state index contributed by atoms with van der Waals surface area (Å²) in [4.78, 5) is 0. The quantitative estimate of drug-likeness (QED) is 0.693. The monoisotopic (exact) mass is 185 g/mol. The molecule has 1 heteroatoms. The van der Waals surface area contributed by atoms with Gasteiger partial charge in [0, 0.05) is 6.04 Å². The number of hydrogen-bond donors (Lipinski definition) is 1. The number of piperidine rings is 1. The lowest BCUT2D eigenvalue weighted by molar-refractivity contribution is 0.314. The van der Waals surface area contributed by atoms with Crippen molar-refractivity contribution in [2.45, 2.75) is 65.8 Å². The van der Waals surface area contributed by atoms with Gasteiger partial charge in [-0.05, 0) is 31.7 Å². The second-order valence-corrected chi connectivity index (χ2v) is 4.28. The van der Waals surface area contributed by atoms with E-state index in [1.807, 2.05) is 0 Å². The molecule has 0 aromatic carbocycles. The average molecular weight is 185 g/mol. The zero-order chi connectivity index (χ0) is 10.1. The van der Waals surface area contributed by atoms with Gasteiger partial charge in [0.05, 0.1) is 0 Å². The molecule has 0 unspecified atom stereocenters. The predicted octanol–water partition coefficient (Wildman–Crippen LogP) is 3.59. The first-order valence-corrected chi connectivity index (χ1v) is 5.97. The van der Waals surface area contributed by atoms with Gasteiger partial charge in [-0.2, -0.15) is 0 Å². The van der Waals surface area contributed by atoms with Gasteiger partial charge in [0.25, 0.3) is 0 Å². The van der Waals surface area contributed by atoms with Gasteiger partial charge >= 0.3 is 0 Å². The predicted molar refractivity (Wildman–Crippen MR) is 61.1 cm³/mol. The summed E-state index contributed by atoms with van der Waals surface area (Å²) < 4.78 is 0. The number of rotatable bonds is 2. The third-order valence-corrected chi connectivity index (χ3v) is 2.40. The molecule has 0 spiro atoms. The summed E-state index contributed by atoms with van der Waals surface area (Å²) in [6.07, 6.45) is 6.77. The van der Waals surface area contributed by atoms with Crippen molar-refractivity contribution in [3.63, 3.8) is 0 Å². The van der Waals surface area contributed by atoms with Crippen molar-refractivity contribution < 1.29 is 0 Å². The largest absolute Gasteiger partial charge is 0.314 e. The van der Waals surface area contributed by atoms with Crippen LogP contribution in [0.15, 0.2) is 0 Å². The SMILES string of the molecule is CCC.CCC[C@H]1CC[C@H](C)CN1. The lowest BCUT2D eigenvalue weighted by Gasteiger charge is -2.27. The number of nitrogens with one attached hydrogen (secondary N) is 1. The first kappa shape index (κ1) is 13.0. The van der Waals surface area contributed by atoms with Crippen LogP contribution in [0.3, 0.4) is 0 Å². The molecule has 0 aliphatic carbocycles. The summed E-state index contributed by atoms with van der Waals surface area (Å²) in [5.74, 6) is 0.910. The molecule has 0 saturated carbocycles. The van der Waals surface area contributed by atoms with Crippen LogP contribution in [0, 0.1) is 5.92 Å². The molecule has 2 atom stereocenters. The van der Waals surface area contributed by atoms with E-state index in [-0.39, 0.29) is 0 Å². The maximum atomic E-state index is 3.57. The molecule has 0 radical (unpaired) electrons. The van der Waals surface area contributed by atoms with Gasteiger partial charge in [0.2, 0.25) is 0 Å². The summed E-state index contributed by atoms with van der Waals surface area (Å²) in [6, 6.07) is 0.834. The Balaban J connectivity index is 0.000000424. The van der Waals surface area contributed by atoms with Gasteiger partial charge in [0.1, 0.15) is 0 Å². The van der Waals surface area contributed by atoms with Gasteiger partial charge in [-0.15, -0.1) is 0 Å². The van der Waals surface area contributed by atoms with E-state index in [0.29, 0.717) is 0 Å². The summed E-state index contributed by atoms with van der Waals surface area (Å²) in [5, 5.41) is 3.57. The molecule has 1 rings (SSSR count). The fraction of sp³-hybridized carbons (Fsp3) is 1.00.